The Morgan fingerprint density at radius 1 is 1.09 bits per heavy atom. The quantitative estimate of drug-likeness (QED) is 0.288. The third-order valence-corrected chi connectivity index (χ3v) is 6.01. The number of ether oxygens (including phenoxy) is 2. The van der Waals surface area contributed by atoms with E-state index < -0.39 is 5.91 Å². The maximum absolute atomic E-state index is 12.6. The van der Waals surface area contributed by atoms with Crippen LogP contribution in [-0.4, -0.2) is 40.2 Å². The van der Waals surface area contributed by atoms with Crippen molar-refractivity contribution in [1.29, 1.82) is 5.41 Å². The maximum atomic E-state index is 12.6. The summed E-state index contributed by atoms with van der Waals surface area (Å²) in [4.78, 5) is 16.7. The molecule has 0 atom stereocenters. The number of allylic oxidation sites excluding steroid dienone is 1. The summed E-state index contributed by atoms with van der Waals surface area (Å²) in [6, 6.07) is 15.2. The van der Waals surface area contributed by atoms with E-state index in [1.165, 1.54) is 16.8 Å². The zero-order valence-corrected chi connectivity index (χ0v) is 20.3. The van der Waals surface area contributed by atoms with Gasteiger partial charge in [-0.3, -0.25) is 10.2 Å². The van der Waals surface area contributed by atoms with E-state index in [9.17, 15) is 4.79 Å². The summed E-state index contributed by atoms with van der Waals surface area (Å²) in [5.41, 5.74) is 1.93. The fourth-order valence-electron chi connectivity index (χ4n) is 3.33. The van der Waals surface area contributed by atoms with Crippen LogP contribution in [0.2, 0.25) is 0 Å². The van der Waals surface area contributed by atoms with Gasteiger partial charge in [0.25, 0.3) is 5.91 Å². The van der Waals surface area contributed by atoms with Crippen molar-refractivity contribution in [2.75, 3.05) is 13.2 Å². The van der Waals surface area contributed by atoms with Crippen LogP contribution in [0.15, 0.2) is 76.9 Å². The summed E-state index contributed by atoms with van der Waals surface area (Å²) in [5.74, 6) is 0.958. The van der Waals surface area contributed by atoms with Crippen LogP contribution < -0.4 is 9.47 Å². The fourth-order valence-corrected chi connectivity index (χ4v) is 4.16. The predicted molar refractivity (Wildman–Crippen MR) is 140 cm³/mol. The number of nitrogens with one attached hydrogen (secondary N) is 1. The lowest BCUT2D eigenvalue weighted by Crippen LogP contribution is -2.35. The van der Waals surface area contributed by atoms with Gasteiger partial charge < -0.3 is 9.47 Å². The SMILES string of the molecule is C=CCc1ccccc1OCCOc1ccccc1C=C1C(=N)N2N=C(CC)SC2=NC1=O.Cl. The fraction of sp³-hybridized carbons (Fsp3) is 0.200. The first kappa shape index (κ1) is 25.3. The second kappa shape index (κ2) is 11.7. The Bertz CT molecular complexity index is 1190. The first-order valence-corrected chi connectivity index (χ1v) is 11.4. The van der Waals surface area contributed by atoms with Gasteiger partial charge in [0.05, 0.1) is 5.57 Å². The zero-order chi connectivity index (χ0) is 23.2. The molecule has 0 unspecified atom stereocenters. The molecule has 1 amide bonds. The van der Waals surface area contributed by atoms with Crippen molar-refractivity contribution in [2.45, 2.75) is 19.8 Å². The van der Waals surface area contributed by atoms with E-state index in [0.29, 0.717) is 29.7 Å². The van der Waals surface area contributed by atoms with Crippen LogP contribution in [-0.2, 0) is 11.2 Å². The van der Waals surface area contributed by atoms with Crippen molar-refractivity contribution in [2.24, 2.45) is 10.1 Å². The van der Waals surface area contributed by atoms with Gasteiger partial charge in [0.1, 0.15) is 29.8 Å². The van der Waals surface area contributed by atoms with Crippen molar-refractivity contribution in [3.05, 3.63) is 77.9 Å². The minimum atomic E-state index is -0.455. The van der Waals surface area contributed by atoms with E-state index in [1.807, 2.05) is 61.5 Å². The van der Waals surface area contributed by atoms with Crippen LogP contribution in [0.1, 0.15) is 24.5 Å². The molecule has 34 heavy (non-hydrogen) atoms. The number of aliphatic imine (C=N–C) groups is 1. The van der Waals surface area contributed by atoms with Crippen LogP contribution in [0.5, 0.6) is 11.5 Å². The molecule has 2 aliphatic rings. The molecule has 4 rings (SSSR count). The Kier molecular flexibility index (Phi) is 8.67. The predicted octanol–water partition coefficient (Wildman–Crippen LogP) is 5.32. The number of carbonyl (C=O) groups is 1. The number of amidine groups is 2. The number of benzene rings is 2. The second-order valence-electron chi connectivity index (χ2n) is 7.20. The molecule has 0 aromatic heterocycles. The van der Waals surface area contributed by atoms with Crippen molar-refractivity contribution in [3.63, 3.8) is 0 Å². The molecule has 7 nitrogen and oxygen atoms in total. The van der Waals surface area contributed by atoms with Crippen LogP contribution in [0.3, 0.4) is 0 Å². The number of amides is 1. The number of thioether (sulfide) groups is 1. The number of nitrogens with zero attached hydrogens (tertiary/aromatic N) is 3. The summed E-state index contributed by atoms with van der Waals surface area (Å²) in [7, 11) is 0. The molecule has 2 aromatic rings. The molecule has 0 saturated heterocycles. The van der Waals surface area contributed by atoms with Crippen molar-refractivity contribution >= 4 is 52.2 Å². The van der Waals surface area contributed by atoms with Gasteiger partial charge in [0.15, 0.2) is 5.84 Å². The molecule has 0 spiro atoms. The molecule has 0 saturated carbocycles. The average molecular weight is 497 g/mol. The molecule has 0 fully saturated rings. The molecule has 2 aromatic carbocycles. The van der Waals surface area contributed by atoms with Crippen LogP contribution in [0, 0.1) is 5.41 Å². The van der Waals surface area contributed by atoms with Crippen LogP contribution in [0.4, 0.5) is 0 Å². The third kappa shape index (κ3) is 5.58. The van der Waals surface area contributed by atoms with Gasteiger partial charge >= 0.3 is 0 Å². The summed E-state index contributed by atoms with van der Waals surface area (Å²) < 4.78 is 11.8. The number of hydrogen-bond donors (Lipinski definition) is 1. The lowest BCUT2D eigenvalue weighted by molar-refractivity contribution is -0.114. The molecule has 1 N–H and O–H groups in total. The van der Waals surface area contributed by atoms with Gasteiger partial charge in [0.2, 0.25) is 5.17 Å². The highest BCUT2D eigenvalue weighted by molar-refractivity contribution is 8.26. The van der Waals surface area contributed by atoms with Gasteiger partial charge in [-0.25, -0.2) is 0 Å². The van der Waals surface area contributed by atoms with E-state index in [0.717, 1.165) is 29.2 Å². The summed E-state index contributed by atoms with van der Waals surface area (Å²) in [5, 5.41) is 15.5. The number of hydrogen-bond acceptors (Lipinski definition) is 6. The number of para-hydroxylation sites is 2. The number of halogens is 1. The Morgan fingerprint density at radius 2 is 1.76 bits per heavy atom. The van der Waals surface area contributed by atoms with Crippen molar-refractivity contribution in [1.82, 2.24) is 5.01 Å². The minimum absolute atomic E-state index is 0. The number of fused-ring (bicyclic) bond motifs is 1. The third-order valence-electron chi connectivity index (χ3n) is 4.95. The average Bonchev–Trinajstić information content (AvgIpc) is 3.25. The Hall–Kier alpha value is -3.36. The van der Waals surface area contributed by atoms with Gasteiger partial charge in [-0.05, 0) is 48.4 Å². The lowest BCUT2D eigenvalue weighted by Gasteiger charge is -2.20. The molecular weight excluding hydrogens is 472 g/mol. The van der Waals surface area contributed by atoms with Crippen molar-refractivity contribution < 1.29 is 14.3 Å². The summed E-state index contributed by atoms with van der Waals surface area (Å²) in [6.45, 7) is 6.44. The molecule has 0 aliphatic carbocycles. The normalized spacial score (nSPS) is 15.9. The summed E-state index contributed by atoms with van der Waals surface area (Å²) >= 11 is 1.32. The lowest BCUT2D eigenvalue weighted by atomic mass is 10.1. The largest absolute Gasteiger partial charge is 0.490 e. The smallest absolute Gasteiger partial charge is 0.283 e. The molecule has 9 heteroatoms. The standard InChI is InChI=1S/C25H24N4O3S.ClH/c1-3-9-17-10-5-7-12-20(17)31-14-15-32-21-13-8-6-11-18(21)16-19-23(26)29-25(27-24(19)30)33-22(4-2)28-29;/h3,5-8,10-13,16,26H,1,4,9,14-15H2,2H3;1H. The Morgan fingerprint density at radius 3 is 2.50 bits per heavy atom. The number of carbonyl (C=O) groups excluding carboxylic acids is 1. The highest BCUT2D eigenvalue weighted by Crippen LogP contribution is 2.30. The van der Waals surface area contributed by atoms with Gasteiger partial charge in [-0.2, -0.15) is 15.1 Å². The van der Waals surface area contributed by atoms with E-state index >= 15 is 0 Å². The van der Waals surface area contributed by atoms with E-state index in [4.69, 9.17) is 14.9 Å². The van der Waals surface area contributed by atoms with Crippen LogP contribution in [0.25, 0.3) is 6.08 Å². The van der Waals surface area contributed by atoms with Gasteiger partial charge in [-0.1, -0.05) is 49.4 Å². The van der Waals surface area contributed by atoms with Gasteiger partial charge in [-0.15, -0.1) is 19.0 Å². The zero-order valence-electron chi connectivity index (χ0n) is 18.7. The molecule has 0 bridgehead atoms. The van der Waals surface area contributed by atoms with Crippen LogP contribution >= 0.6 is 24.2 Å². The van der Waals surface area contributed by atoms with E-state index in [-0.39, 0.29) is 23.8 Å². The molecule has 0 radical (unpaired) electrons. The number of hydrazone groups is 1. The Balaban J connectivity index is 0.00000324. The van der Waals surface area contributed by atoms with Gasteiger partial charge in [0, 0.05) is 5.56 Å². The maximum Gasteiger partial charge on any atom is 0.283 e. The monoisotopic (exact) mass is 496 g/mol. The highest BCUT2D eigenvalue weighted by atomic mass is 35.5. The van der Waals surface area contributed by atoms with E-state index in [2.05, 4.69) is 16.7 Å². The first-order chi connectivity index (χ1) is 16.1. The first-order valence-electron chi connectivity index (χ1n) is 10.6. The molecular formula is C25H25ClN4O3S. The van der Waals surface area contributed by atoms with E-state index in [1.54, 1.807) is 6.08 Å². The Labute approximate surface area is 209 Å². The topological polar surface area (TPSA) is 87.3 Å². The highest BCUT2D eigenvalue weighted by Gasteiger charge is 2.35. The minimum Gasteiger partial charge on any atom is -0.490 e. The molecule has 2 heterocycles. The van der Waals surface area contributed by atoms with Crippen molar-refractivity contribution in [3.8, 4) is 11.5 Å². The number of rotatable bonds is 9. The summed E-state index contributed by atoms with van der Waals surface area (Å²) in [6.07, 6.45) is 4.92. The molecule has 176 valence electrons. The molecule has 2 aliphatic heterocycles. The second-order valence-corrected chi connectivity index (χ2v) is 8.24.